The van der Waals surface area contributed by atoms with Gasteiger partial charge in [0.1, 0.15) is 0 Å². The lowest BCUT2D eigenvalue weighted by Crippen LogP contribution is -2.28. The highest BCUT2D eigenvalue weighted by Gasteiger charge is 2.19. The van der Waals surface area contributed by atoms with Gasteiger partial charge in [-0.15, -0.1) is 6.58 Å². The normalized spacial score (nSPS) is 11.8. The van der Waals surface area contributed by atoms with Crippen molar-refractivity contribution in [2.24, 2.45) is 5.14 Å². The number of sulfonamides is 1. The van der Waals surface area contributed by atoms with E-state index in [1.54, 1.807) is 6.08 Å². The summed E-state index contributed by atoms with van der Waals surface area (Å²) in [6.45, 7) is 7.07. The number of allylic oxidation sites excluding steroid dienone is 1. The average Bonchev–Trinajstić information content (AvgIpc) is 2.54. The van der Waals surface area contributed by atoms with Crippen LogP contribution >= 0.6 is 0 Å². The van der Waals surface area contributed by atoms with Crippen molar-refractivity contribution >= 4 is 22.0 Å². The SMILES string of the molecule is C=CCCC(CCCC)S(N)(=O)=O.Cc1c(C(=O)O)cccc1C(=O)O. The highest BCUT2D eigenvalue weighted by Crippen LogP contribution is 2.14. The number of nitrogens with two attached hydrogens (primary N) is 1. The minimum Gasteiger partial charge on any atom is -0.478 e. The fourth-order valence-corrected chi connectivity index (χ4v) is 3.27. The maximum absolute atomic E-state index is 11.1. The quantitative estimate of drug-likeness (QED) is 0.559. The van der Waals surface area contributed by atoms with Gasteiger partial charge >= 0.3 is 11.9 Å². The lowest BCUT2D eigenvalue weighted by atomic mass is 10.0. The molecule has 0 aromatic heterocycles. The third kappa shape index (κ3) is 8.26. The van der Waals surface area contributed by atoms with E-state index in [1.807, 2.05) is 6.92 Å². The molecule has 1 unspecified atom stereocenters. The Morgan fingerprint density at radius 1 is 1.19 bits per heavy atom. The van der Waals surface area contributed by atoms with Crippen molar-refractivity contribution in [1.82, 2.24) is 0 Å². The lowest BCUT2D eigenvalue weighted by Gasteiger charge is -2.12. The van der Waals surface area contributed by atoms with Gasteiger partial charge in [0.2, 0.25) is 10.0 Å². The largest absolute Gasteiger partial charge is 0.478 e. The molecule has 26 heavy (non-hydrogen) atoms. The van der Waals surface area contributed by atoms with E-state index in [9.17, 15) is 18.0 Å². The number of rotatable bonds is 9. The topological polar surface area (TPSA) is 135 Å². The minimum absolute atomic E-state index is 0.0277. The van der Waals surface area contributed by atoms with E-state index in [2.05, 4.69) is 6.58 Å². The number of hydrogen-bond acceptors (Lipinski definition) is 4. The Balaban J connectivity index is 0.000000481. The van der Waals surface area contributed by atoms with Crippen molar-refractivity contribution in [1.29, 1.82) is 0 Å². The molecule has 0 radical (unpaired) electrons. The summed E-state index contributed by atoms with van der Waals surface area (Å²) < 4.78 is 22.2. The van der Waals surface area contributed by atoms with Gasteiger partial charge in [-0.2, -0.15) is 0 Å². The molecule has 1 rings (SSSR count). The molecule has 0 spiro atoms. The number of hydrogen-bond donors (Lipinski definition) is 3. The van der Waals surface area contributed by atoms with Gasteiger partial charge in [-0.3, -0.25) is 0 Å². The van der Waals surface area contributed by atoms with E-state index in [0.29, 0.717) is 19.3 Å². The molecule has 0 fully saturated rings. The minimum atomic E-state index is -3.36. The fraction of sp³-hybridized carbons (Fsp3) is 0.444. The van der Waals surface area contributed by atoms with Gasteiger partial charge in [0.15, 0.2) is 0 Å². The van der Waals surface area contributed by atoms with Crippen molar-refractivity contribution in [2.45, 2.75) is 51.2 Å². The molecule has 146 valence electrons. The molecule has 0 saturated heterocycles. The Morgan fingerprint density at radius 2 is 1.69 bits per heavy atom. The molecule has 7 nitrogen and oxygen atoms in total. The number of benzene rings is 1. The predicted octanol–water partition coefficient (Wildman–Crippen LogP) is 3.19. The van der Waals surface area contributed by atoms with Gasteiger partial charge in [0.05, 0.1) is 16.4 Å². The van der Waals surface area contributed by atoms with Crippen LogP contribution in [0.15, 0.2) is 30.9 Å². The molecule has 0 bridgehead atoms. The molecule has 0 aliphatic heterocycles. The van der Waals surface area contributed by atoms with Gasteiger partial charge in [-0.05, 0) is 43.9 Å². The van der Waals surface area contributed by atoms with Gasteiger partial charge in [0.25, 0.3) is 0 Å². The highest BCUT2D eigenvalue weighted by atomic mass is 32.2. The van der Waals surface area contributed by atoms with E-state index in [4.69, 9.17) is 15.4 Å². The lowest BCUT2D eigenvalue weighted by molar-refractivity contribution is 0.0696. The number of primary sulfonamides is 1. The summed E-state index contributed by atoms with van der Waals surface area (Å²) in [6.07, 6.45) is 5.62. The number of aromatic carboxylic acids is 2. The second kappa shape index (κ2) is 11.4. The van der Waals surface area contributed by atoms with Crippen LogP contribution in [0.3, 0.4) is 0 Å². The number of carbonyl (C=O) groups is 2. The summed E-state index contributed by atoms with van der Waals surface area (Å²) >= 11 is 0. The standard InChI is InChI=1S/C9H19NO2S.C9H8O4/c1-3-5-7-9(8-6-4-2)13(10,11)12;1-5-6(8(10)11)3-2-4-7(5)9(12)13/h3,9H,1,4-8H2,2H3,(H2,10,11,12);2-4H,1H3,(H,10,11)(H,12,13). The Labute approximate surface area is 154 Å². The number of carboxylic acid groups (broad SMARTS) is 2. The molecule has 8 heteroatoms. The number of carboxylic acids is 2. The first-order chi connectivity index (χ1) is 12.1. The van der Waals surface area contributed by atoms with Crippen molar-refractivity contribution in [3.8, 4) is 0 Å². The van der Waals surface area contributed by atoms with Crippen LogP contribution in [0.4, 0.5) is 0 Å². The highest BCUT2D eigenvalue weighted by molar-refractivity contribution is 7.89. The molecule has 0 saturated carbocycles. The first-order valence-electron chi connectivity index (χ1n) is 8.24. The van der Waals surface area contributed by atoms with Crippen LogP contribution in [0, 0.1) is 6.92 Å². The Bertz CT molecular complexity index is 695. The summed E-state index contributed by atoms with van der Waals surface area (Å²) in [6, 6.07) is 4.17. The molecule has 1 aromatic carbocycles. The third-order valence-electron chi connectivity index (χ3n) is 3.83. The average molecular weight is 385 g/mol. The van der Waals surface area contributed by atoms with E-state index >= 15 is 0 Å². The van der Waals surface area contributed by atoms with Crippen molar-refractivity contribution in [2.75, 3.05) is 0 Å². The van der Waals surface area contributed by atoms with Gasteiger partial charge < -0.3 is 10.2 Å². The van der Waals surface area contributed by atoms with Crippen LogP contribution in [0.25, 0.3) is 0 Å². The second-order valence-electron chi connectivity index (χ2n) is 5.81. The van der Waals surface area contributed by atoms with Crippen LogP contribution in [0.2, 0.25) is 0 Å². The van der Waals surface area contributed by atoms with Crippen molar-refractivity contribution in [3.63, 3.8) is 0 Å². The third-order valence-corrected chi connectivity index (χ3v) is 5.23. The molecule has 0 aliphatic carbocycles. The van der Waals surface area contributed by atoms with Crippen LogP contribution in [-0.2, 0) is 10.0 Å². The molecular formula is C18H27NO6S. The zero-order valence-electron chi connectivity index (χ0n) is 15.1. The van der Waals surface area contributed by atoms with E-state index in [-0.39, 0.29) is 21.9 Å². The van der Waals surface area contributed by atoms with Crippen LogP contribution in [0.5, 0.6) is 0 Å². The Morgan fingerprint density at radius 3 is 2.04 bits per heavy atom. The molecule has 0 heterocycles. The maximum atomic E-state index is 11.1. The van der Waals surface area contributed by atoms with Crippen LogP contribution in [0.1, 0.15) is 65.3 Å². The van der Waals surface area contributed by atoms with Crippen LogP contribution in [-0.4, -0.2) is 35.8 Å². The number of unbranched alkanes of at least 4 members (excludes halogenated alkanes) is 1. The van der Waals surface area contributed by atoms with Crippen molar-refractivity contribution < 1.29 is 28.2 Å². The van der Waals surface area contributed by atoms with Crippen LogP contribution < -0.4 is 5.14 Å². The molecule has 1 atom stereocenters. The molecule has 4 N–H and O–H groups in total. The zero-order valence-corrected chi connectivity index (χ0v) is 16.0. The predicted molar refractivity (Wildman–Crippen MR) is 101 cm³/mol. The summed E-state index contributed by atoms with van der Waals surface area (Å²) in [5, 5.41) is 22.1. The van der Waals surface area contributed by atoms with E-state index in [0.717, 1.165) is 12.8 Å². The Kier molecular flexibility index (Phi) is 10.5. The first kappa shape index (κ1) is 23.8. The molecule has 0 amide bonds. The zero-order chi connectivity index (χ0) is 20.3. The van der Waals surface area contributed by atoms with Gasteiger partial charge in [-0.25, -0.2) is 23.1 Å². The molecule has 0 aliphatic rings. The summed E-state index contributed by atoms with van der Waals surface area (Å²) in [5.41, 5.74) is 0.335. The monoisotopic (exact) mass is 385 g/mol. The summed E-state index contributed by atoms with van der Waals surface area (Å²) in [5.74, 6) is -2.22. The van der Waals surface area contributed by atoms with Gasteiger partial charge in [0, 0.05) is 0 Å². The Hall–Kier alpha value is -2.19. The summed E-state index contributed by atoms with van der Waals surface area (Å²) in [7, 11) is -3.36. The smallest absolute Gasteiger partial charge is 0.335 e. The van der Waals surface area contributed by atoms with E-state index in [1.165, 1.54) is 25.1 Å². The first-order valence-corrected chi connectivity index (χ1v) is 9.85. The van der Waals surface area contributed by atoms with Gasteiger partial charge in [-0.1, -0.05) is 31.9 Å². The van der Waals surface area contributed by atoms with E-state index < -0.39 is 22.0 Å². The molecular weight excluding hydrogens is 358 g/mol. The van der Waals surface area contributed by atoms with Crippen molar-refractivity contribution in [3.05, 3.63) is 47.5 Å². The molecule has 1 aromatic rings. The second-order valence-corrected chi connectivity index (χ2v) is 7.65. The fourth-order valence-electron chi connectivity index (χ4n) is 2.31. The summed E-state index contributed by atoms with van der Waals surface area (Å²) in [4.78, 5) is 21.2. The maximum Gasteiger partial charge on any atom is 0.335 e.